The van der Waals surface area contributed by atoms with Crippen LogP contribution in [0.4, 0.5) is 5.69 Å². The number of carbonyl (C=O) groups is 3. The molecule has 0 atom stereocenters. The Morgan fingerprint density at radius 1 is 1.00 bits per heavy atom. The summed E-state index contributed by atoms with van der Waals surface area (Å²) in [7, 11) is 1.60. The van der Waals surface area contributed by atoms with Gasteiger partial charge in [-0.25, -0.2) is 0 Å². The highest BCUT2D eigenvalue weighted by atomic mass is 16.5. The molecule has 29 heavy (non-hydrogen) atoms. The number of benzene rings is 2. The number of hydrogen-bond donors (Lipinski definition) is 1. The van der Waals surface area contributed by atoms with Gasteiger partial charge in [0.1, 0.15) is 18.1 Å². The third kappa shape index (κ3) is 6.95. The molecule has 0 heterocycles. The number of nitrogens with one attached hydrogen (secondary N) is 1. The maximum atomic E-state index is 12.1. The van der Waals surface area contributed by atoms with Crippen LogP contribution in [0, 0.1) is 0 Å². The van der Waals surface area contributed by atoms with Crippen molar-refractivity contribution in [2.75, 3.05) is 31.7 Å². The van der Waals surface area contributed by atoms with E-state index in [-0.39, 0.29) is 30.6 Å². The molecule has 7 heteroatoms. The van der Waals surface area contributed by atoms with Crippen molar-refractivity contribution in [2.45, 2.75) is 20.3 Å². The highest BCUT2D eigenvalue weighted by molar-refractivity contribution is 5.97. The number of ketones is 1. The minimum atomic E-state index is -0.193. The van der Waals surface area contributed by atoms with Gasteiger partial charge >= 0.3 is 0 Å². The van der Waals surface area contributed by atoms with Crippen molar-refractivity contribution in [2.24, 2.45) is 0 Å². The van der Waals surface area contributed by atoms with Gasteiger partial charge in [0.15, 0.2) is 5.78 Å². The van der Waals surface area contributed by atoms with E-state index in [0.29, 0.717) is 30.2 Å². The maximum Gasteiger partial charge on any atom is 0.223 e. The molecule has 0 spiro atoms. The van der Waals surface area contributed by atoms with Crippen LogP contribution in [0.15, 0.2) is 48.5 Å². The summed E-state index contributed by atoms with van der Waals surface area (Å²) in [5.41, 5.74) is 1.12. The first-order valence-corrected chi connectivity index (χ1v) is 9.33. The van der Waals surface area contributed by atoms with Crippen LogP contribution < -0.4 is 19.7 Å². The lowest BCUT2D eigenvalue weighted by atomic mass is 10.1. The molecule has 0 saturated heterocycles. The predicted octanol–water partition coefficient (Wildman–Crippen LogP) is 2.84. The second-order valence-corrected chi connectivity index (χ2v) is 6.40. The van der Waals surface area contributed by atoms with E-state index in [0.717, 1.165) is 5.75 Å². The molecule has 2 amide bonds. The number of rotatable bonds is 10. The van der Waals surface area contributed by atoms with Gasteiger partial charge in [0.2, 0.25) is 11.8 Å². The molecule has 1 N–H and O–H groups in total. The standard InChI is InChI=1S/C22H26N2O5/c1-16(25)18-5-4-6-19(15-18)24(17(2)26)13-11-22(27)23-12-14-29-21-9-7-20(28-3)8-10-21/h4-10,15H,11-14H2,1-3H3,(H,23,27). The normalized spacial score (nSPS) is 10.2. The summed E-state index contributed by atoms with van der Waals surface area (Å²) >= 11 is 0. The third-order valence-corrected chi connectivity index (χ3v) is 4.26. The molecule has 0 aliphatic carbocycles. The summed E-state index contributed by atoms with van der Waals surface area (Å²) in [5, 5.41) is 2.77. The molecular weight excluding hydrogens is 372 g/mol. The number of carbonyl (C=O) groups excluding carboxylic acids is 3. The summed E-state index contributed by atoms with van der Waals surface area (Å²) in [6.07, 6.45) is 0.145. The van der Waals surface area contributed by atoms with Gasteiger partial charge in [-0.2, -0.15) is 0 Å². The van der Waals surface area contributed by atoms with Crippen molar-refractivity contribution >= 4 is 23.3 Å². The summed E-state index contributed by atoms with van der Waals surface area (Å²) in [6, 6.07) is 14.0. The number of anilines is 1. The summed E-state index contributed by atoms with van der Waals surface area (Å²) in [5.74, 6) is 0.978. The molecule has 0 bridgehead atoms. The number of Topliss-reactive ketones (excluding diaryl/α,β-unsaturated/α-hetero) is 1. The Balaban J connectivity index is 1.79. The highest BCUT2D eigenvalue weighted by Crippen LogP contribution is 2.18. The number of nitrogens with zero attached hydrogens (tertiary/aromatic N) is 1. The van der Waals surface area contributed by atoms with Crippen molar-refractivity contribution < 1.29 is 23.9 Å². The molecule has 0 aliphatic heterocycles. The average Bonchev–Trinajstić information content (AvgIpc) is 2.71. The lowest BCUT2D eigenvalue weighted by Crippen LogP contribution is -2.35. The largest absolute Gasteiger partial charge is 0.497 e. The Bertz CT molecular complexity index is 849. The quantitative estimate of drug-likeness (QED) is 0.491. The minimum absolute atomic E-state index is 0.0787. The van der Waals surface area contributed by atoms with E-state index in [1.54, 1.807) is 55.6 Å². The fourth-order valence-corrected chi connectivity index (χ4v) is 2.69. The molecule has 0 aromatic heterocycles. The van der Waals surface area contributed by atoms with Gasteiger partial charge in [-0.15, -0.1) is 0 Å². The predicted molar refractivity (Wildman–Crippen MR) is 111 cm³/mol. The number of hydrogen-bond acceptors (Lipinski definition) is 5. The molecule has 0 saturated carbocycles. The van der Waals surface area contributed by atoms with Crippen LogP contribution in [0.2, 0.25) is 0 Å². The van der Waals surface area contributed by atoms with Gasteiger partial charge in [0.25, 0.3) is 0 Å². The van der Waals surface area contributed by atoms with E-state index in [2.05, 4.69) is 5.32 Å². The zero-order valence-corrected chi connectivity index (χ0v) is 16.9. The van der Waals surface area contributed by atoms with Crippen LogP contribution in [0.3, 0.4) is 0 Å². The lowest BCUT2D eigenvalue weighted by Gasteiger charge is -2.21. The first-order valence-electron chi connectivity index (χ1n) is 9.33. The molecule has 0 fully saturated rings. The smallest absolute Gasteiger partial charge is 0.223 e. The SMILES string of the molecule is COc1ccc(OCCNC(=O)CCN(C(C)=O)c2cccc(C(C)=O)c2)cc1. The van der Waals surface area contributed by atoms with Crippen molar-refractivity contribution in [3.8, 4) is 11.5 Å². The molecule has 2 aromatic carbocycles. The molecule has 0 aliphatic rings. The van der Waals surface area contributed by atoms with Crippen molar-refractivity contribution in [1.29, 1.82) is 0 Å². The second kappa shape index (κ2) is 10.8. The number of methoxy groups -OCH3 is 1. The minimum Gasteiger partial charge on any atom is -0.497 e. The molecule has 0 radical (unpaired) electrons. The first-order chi connectivity index (χ1) is 13.9. The van der Waals surface area contributed by atoms with Gasteiger partial charge in [0.05, 0.1) is 13.7 Å². The molecular formula is C22H26N2O5. The Kier molecular flexibility index (Phi) is 8.21. The van der Waals surface area contributed by atoms with Crippen LogP contribution >= 0.6 is 0 Å². The van der Waals surface area contributed by atoms with Crippen molar-refractivity contribution in [3.63, 3.8) is 0 Å². The van der Waals surface area contributed by atoms with Crippen LogP contribution in [0.5, 0.6) is 11.5 Å². The maximum absolute atomic E-state index is 12.1. The number of ether oxygens (including phenoxy) is 2. The van der Waals surface area contributed by atoms with Crippen LogP contribution in [-0.2, 0) is 9.59 Å². The molecule has 2 aromatic rings. The van der Waals surface area contributed by atoms with Crippen LogP contribution in [0.1, 0.15) is 30.6 Å². The second-order valence-electron chi connectivity index (χ2n) is 6.40. The van der Waals surface area contributed by atoms with Gasteiger partial charge in [0, 0.05) is 31.1 Å². The van der Waals surface area contributed by atoms with E-state index in [1.807, 2.05) is 0 Å². The van der Waals surface area contributed by atoms with E-state index in [9.17, 15) is 14.4 Å². The topological polar surface area (TPSA) is 84.9 Å². The van der Waals surface area contributed by atoms with Gasteiger partial charge in [-0.3, -0.25) is 14.4 Å². The van der Waals surface area contributed by atoms with Gasteiger partial charge in [-0.05, 0) is 43.3 Å². The van der Waals surface area contributed by atoms with Crippen LogP contribution in [0.25, 0.3) is 0 Å². The average molecular weight is 398 g/mol. The van der Waals surface area contributed by atoms with Gasteiger partial charge in [-0.1, -0.05) is 12.1 Å². The van der Waals surface area contributed by atoms with E-state index in [4.69, 9.17) is 9.47 Å². The highest BCUT2D eigenvalue weighted by Gasteiger charge is 2.14. The van der Waals surface area contributed by atoms with E-state index >= 15 is 0 Å². The van der Waals surface area contributed by atoms with Gasteiger partial charge < -0.3 is 19.7 Å². The van der Waals surface area contributed by atoms with E-state index in [1.165, 1.54) is 18.7 Å². The Morgan fingerprint density at radius 2 is 1.69 bits per heavy atom. The summed E-state index contributed by atoms with van der Waals surface area (Å²) in [4.78, 5) is 37.1. The number of amides is 2. The fraction of sp³-hybridized carbons (Fsp3) is 0.318. The third-order valence-electron chi connectivity index (χ3n) is 4.26. The Morgan fingerprint density at radius 3 is 2.31 bits per heavy atom. The van der Waals surface area contributed by atoms with Crippen molar-refractivity contribution in [1.82, 2.24) is 5.32 Å². The molecule has 7 nitrogen and oxygen atoms in total. The molecule has 154 valence electrons. The van der Waals surface area contributed by atoms with Crippen molar-refractivity contribution in [3.05, 3.63) is 54.1 Å². The first kappa shape index (κ1) is 21.9. The Hall–Kier alpha value is -3.35. The summed E-state index contributed by atoms with van der Waals surface area (Å²) in [6.45, 7) is 3.81. The zero-order valence-electron chi connectivity index (χ0n) is 16.9. The molecule has 0 unspecified atom stereocenters. The summed E-state index contributed by atoms with van der Waals surface area (Å²) < 4.78 is 10.6. The molecule has 2 rings (SSSR count). The lowest BCUT2D eigenvalue weighted by molar-refractivity contribution is -0.121. The monoisotopic (exact) mass is 398 g/mol. The van der Waals surface area contributed by atoms with Crippen LogP contribution in [-0.4, -0.2) is 44.4 Å². The zero-order chi connectivity index (χ0) is 21.2. The Labute approximate surface area is 170 Å². The fourth-order valence-electron chi connectivity index (χ4n) is 2.69. The van der Waals surface area contributed by atoms with E-state index < -0.39 is 0 Å².